The number of carbonyl (C=O) groups is 1. The smallest absolute Gasteiger partial charge is 0.441 e. The predicted molar refractivity (Wildman–Crippen MR) is 54.5 cm³/mol. The Hall–Kier alpha value is -0.520. The van der Waals surface area contributed by atoms with Crippen LogP contribution in [0.3, 0.4) is 0 Å². The van der Waals surface area contributed by atoms with Crippen LogP contribution < -0.4 is 0 Å². The Labute approximate surface area is 89.7 Å². The fraction of sp³-hybridized carbons (Fsp3) is 0.857. The van der Waals surface area contributed by atoms with E-state index in [1.54, 1.807) is 6.92 Å². The van der Waals surface area contributed by atoms with E-state index in [0.717, 1.165) is 13.2 Å². The minimum Gasteiger partial charge on any atom is -0.441 e. The van der Waals surface area contributed by atoms with Crippen LogP contribution in [0.25, 0.3) is 0 Å². The maximum atomic E-state index is 11.2. The van der Waals surface area contributed by atoms with Gasteiger partial charge in [0.25, 0.3) is 0 Å². The summed E-state index contributed by atoms with van der Waals surface area (Å²) in [7, 11) is -5.70. The number of esters is 1. The molecule has 0 aliphatic rings. The molecule has 0 aromatic carbocycles. The van der Waals surface area contributed by atoms with Gasteiger partial charge in [0.2, 0.25) is 11.6 Å². The van der Waals surface area contributed by atoms with Gasteiger partial charge in [0.05, 0.1) is 6.61 Å². The number of hydrogen-bond donors (Lipinski definition) is 0. The minimum absolute atomic E-state index is 0.214. The highest BCUT2D eigenvalue weighted by Crippen LogP contribution is 2.25. The lowest BCUT2D eigenvalue weighted by atomic mass is 10.7. The molecule has 6 nitrogen and oxygen atoms in total. The molecule has 0 radical (unpaired) electrons. The van der Waals surface area contributed by atoms with Crippen LogP contribution >= 0.6 is 8.03 Å². The monoisotopic (exact) mass is 257 g/mol. The van der Waals surface area contributed by atoms with Crippen LogP contribution in [0.4, 0.5) is 0 Å². The average molecular weight is 257 g/mol. The van der Waals surface area contributed by atoms with Gasteiger partial charge in [-0.1, -0.05) is 0 Å². The van der Waals surface area contributed by atoms with Gasteiger partial charge in [-0.05, 0) is 11.5 Å². The first-order valence-corrected chi connectivity index (χ1v) is 7.52. The molecule has 0 aromatic heterocycles. The third kappa shape index (κ3) is 6.54. The maximum Gasteiger partial charge on any atom is 0.513 e. The number of hydrogen-bond acceptors (Lipinski definition) is 6. The van der Waals surface area contributed by atoms with Crippen LogP contribution in [0, 0.1) is 0 Å². The normalized spacial score (nSPS) is 14.5. The van der Waals surface area contributed by atoms with Crippen molar-refractivity contribution in [2.75, 3.05) is 19.0 Å². The second kappa shape index (κ2) is 6.15. The van der Waals surface area contributed by atoms with Crippen molar-refractivity contribution in [3.05, 3.63) is 0 Å². The molecule has 0 saturated carbocycles. The molecule has 15 heavy (non-hydrogen) atoms. The van der Waals surface area contributed by atoms with Crippen molar-refractivity contribution >= 4 is 23.8 Å². The summed E-state index contributed by atoms with van der Waals surface area (Å²) < 4.78 is 42.7. The number of carbonyl (C=O) groups excluding carboxylic acids is 1. The van der Waals surface area contributed by atoms with E-state index in [1.807, 2.05) is 0 Å². The van der Waals surface area contributed by atoms with Crippen molar-refractivity contribution in [3.8, 4) is 0 Å². The lowest BCUT2D eigenvalue weighted by Gasteiger charge is -2.09. The van der Waals surface area contributed by atoms with Crippen molar-refractivity contribution in [1.29, 1.82) is 0 Å². The summed E-state index contributed by atoms with van der Waals surface area (Å²) >= 11 is 0. The zero-order valence-electron chi connectivity index (χ0n) is 8.80. The Balaban J connectivity index is 4.53. The zero-order chi connectivity index (χ0) is 12.1. The summed E-state index contributed by atoms with van der Waals surface area (Å²) in [6.07, 6.45) is 0.581. The van der Waals surface area contributed by atoms with Crippen molar-refractivity contribution in [3.63, 3.8) is 0 Å². The van der Waals surface area contributed by atoms with Gasteiger partial charge in [0.1, 0.15) is 0 Å². The van der Waals surface area contributed by atoms with E-state index in [4.69, 9.17) is 4.52 Å². The van der Waals surface area contributed by atoms with Crippen LogP contribution in [0.15, 0.2) is 0 Å². The Morgan fingerprint density at radius 2 is 2.00 bits per heavy atom. The molecule has 0 spiro atoms. The molecule has 0 amide bonds. The van der Waals surface area contributed by atoms with E-state index in [-0.39, 0.29) is 12.8 Å². The fourth-order valence-corrected chi connectivity index (χ4v) is 3.23. The summed E-state index contributed by atoms with van der Waals surface area (Å²) in [5, 5.41) is 0. The van der Waals surface area contributed by atoms with Crippen LogP contribution in [0.2, 0.25) is 0 Å². The summed E-state index contributed by atoms with van der Waals surface area (Å²) in [6, 6.07) is 0. The Kier molecular flexibility index (Phi) is 5.93. The molecule has 2 atom stereocenters. The molecule has 0 N–H and O–H groups in total. The summed E-state index contributed by atoms with van der Waals surface area (Å²) in [4.78, 5) is 10.6. The van der Waals surface area contributed by atoms with Crippen LogP contribution in [-0.4, -0.2) is 38.8 Å². The molecule has 0 fully saturated rings. The minimum atomic E-state index is -3.58. The first kappa shape index (κ1) is 14.5. The molecule has 0 aromatic rings. The van der Waals surface area contributed by atoms with Gasteiger partial charge in [0.15, 0.2) is 9.84 Å². The maximum absolute atomic E-state index is 11.2. The van der Waals surface area contributed by atoms with Gasteiger partial charge < -0.3 is 4.74 Å². The van der Waals surface area contributed by atoms with Gasteiger partial charge in [-0.25, -0.2) is 8.42 Å². The number of ether oxygens (including phenoxy) is 1. The van der Waals surface area contributed by atoms with Gasteiger partial charge >= 0.3 is 14.0 Å². The third-order valence-corrected chi connectivity index (χ3v) is 3.99. The molecule has 88 valence electrons. The highest BCUT2D eigenvalue weighted by molar-refractivity contribution is 7.91. The fourth-order valence-electron chi connectivity index (χ4n) is 0.764. The molecule has 2 unspecified atom stereocenters. The van der Waals surface area contributed by atoms with Crippen molar-refractivity contribution < 1.29 is 27.0 Å². The van der Waals surface area contributed by atoms with E-state index in [9.17, 15) is 17.8 Å². The van der Waals surface area contributed by atoms with E-state index < -0.39 is 29.3 Å². The SMILES string of the molecule is CCO[P+](=O)CC(OC(C)=O)S(C)(=O)=O. The summed E-state index contributed by atoms with van der Waals surface area (Å²) in [6.45, 7) is 2.94. The third-order valence-electron chi connectivity index (χ3n) is 1.35. The van der Waals surface area contributed by atoms with Gasteiger partial charge in [-0.15, -0.1) is 4.52 Å². The molecule has 0 bridgehead atoms. The molecular formula is C7H14O6PS+. The largest absolute Gasteiger partial charge is 0.513 e. The summed E-state index contributed by atoms with van der Waals surface area (Å²) in [5.41, 5.74) is -1.40. The second-order valence-electron chi connectivity index (χ2n) is 2.80. The van der Waals surface area contributed by atoms with E-state index >= 15 is 0 Å². The van der Waals surface area contributed by atoms with Crippen molar-refractivity contribution in [1.82, 2.24) is 0 Å². The first-order valence-electron chi connectivity index (χ1n) is 4.21. The van der Waals surface area contributed by atoms with Crippen molar-refractivity contribution in [2.24, 2.45) is 0 Å². The topological polar surface area (TPSA) is 86.7 Å². The van der Waals surface area contributed by atoms with E-state index in [0.29, 0.717) is 0 Å². The molecule has 8 heteroatoms. The molecule has 0 aliphatic carbocycles. The molecule has 0 aliphatic heterocycles. The quantitative estimate of drug-likeness (QED) is 0.514. The lowest BCUT2D eigenvalue weighted by Crippen LogP contribution is -2.28. The number of rotatable bonds is 6. The predicted octanol–water partition coefficient (Wildman–Crippen LogP) is 0.699. The standard InChI is InChI=1S/C7H14O6PS/c1-4-12-14(9)5-7(13-6(2)8)15(3,10)11/h7H,4-5H2,1-3H3/q+1. The Bertz CT molecular complexity index is 335. The van der Waals surface area contributed by atoms with E-state index in [2.05, 4.69) is 4.74 Å². The van der Waals surface area contributed by atoms with Gasteiger partial charge in [0, 0.05) is 13.2 Å². The van der Waals surface area contributed by atoms with E-state index in [1.165, 1.54) is 0 Å². The van der Waals surface area contributed by atoms with Crippen LogP contribution in [0.5, 0.6) is 0 Å². The van der Waals surface area contributed by atoms with Gasteiger partial charge in [-0.3, -0.25) is 4.79 Å². The molecule has 0 saturated heterocycles. The van der Waals surface area contributed by atoms with Crippen LogP contribution in [0.1, 0.15) is 13.8 Å². The molecular weight excluding hydrogens is 243 g/mol. The highest BCUT2D eigenvalue weighted by Gasteiger charge is 2.34. The molecule has 0 heterocycles. The van der Waals surface area contributed by atoms with Crippen LogP contribution in [-0.2, 0) is 28.5 Å². The Morgan fingerprint density at radius 3 is 2.33 bits per heavy atom. The summed E-state index contributed by atoms with van der Waals surface area (Å²) in [5.74, 6) is -0.731. The Morgan fingerprint density at radius 1 is 1.47 bits per heavy atom. The van der Waals surface area contributed by atoms with Crippen molar-refractivity contribution in [2.45, 2.75) is 19.3 Å². The average Bonchev–Trinajstić information content (AvgIpc) is 2.00. The zero-order valence-corrected chi connectivity index (χ0v) is 10.5. The highest BCUT2D eigenvalue weighted by atomic mass is 32.2. The first-order chi connectivity index (χ1) is 6.77. The van der Waals surface area contributed by atoms with Gasteiger partial charge in [-0.2, -0.15) is 0 Å². The molecule has 0 rings (SSSR count). The lowest BCUT2D eigenvalue weighted by molar-refractivity contribution is -0.142. The second-order valence-corrected chi connectivity index (χ2v) is 6.28. The number of sulfone groups is 1.